The molecule has 130 valence electrons. The van der Waals surface area contributed by atoms with E-state index in [2.05, 4.69) is 71.9 Å². The molecular formula is C21H24N2OS. The van der Waals surface area contributed by atoms with Gasteiger partial charge in [0.1, 0.15) is 0 Å². The standard InChI is InChI=1S/C21H24N2OS/c1-14-7-16(11-20(25)8-14)15-4-5-21-17(9-15)10-18(22-21)12-23-6-2-3-19(23)13-24/h4-5,7-11,19,22,24-25H,2-3,6,12-13H2,1H3. The van der Waals surface area contributed by atoms with Crippen LogP contribution in [0.25, 0.3) is 22.0 Å². The highest BCUT2D eigenvalue weighted by molar-refractivity contribution is 7.80. The first kappa shape index (κ1) is 16.7. The molecule has 4 heteroatoms. The number of H-pyrrole nitrogens is 1. The van der Waals surface area contributed by atoms with Gasteiger partial charge in [0.2, 0.25) is 0 Å². The summed E-state index contributed by atoms with van der Waals surface area (Å²) >= 11 is 4.50. The van der Waals surface area contributed by atoms with Gasteiger partial charge in [-0.25, -0.2) is 0 Å². The summed E-state index contributed by atoms with van der Waals surface area (Å²) in [7, 11) is 0. The third-order valence-electron chi connectivity index (χ3n) is 5.16. The third-order valence-corrected chi connectivity index (χ3v) is 5.41. The summed E-state index contributed by atoms with van der Waals surface area (Å²) in [6.45, 7) is 4.30. The average molecular weight is 353 g/mol. The van der Waals surface area contributed by atoms with E-state index in [9.17, 15) is 5.11 Å². The molecule has 0 saturated carbocycles. The molecule has 1 atom stereocenters. The second-order valence-corrected chi connectivity index (χ2v) is 7.62. The van der Waals surface area contributed by atoms with E-state index >= 15 is 0 Å². The zero-order chi connectivity index (χ0) is 17.4. The molecule has 1 saturated heterocycles. The van der Waals surface area contributed by atoms with Crippen molar-refractivity contribution in [3.05, 3.63) is 53.7 Å². The Morgan fingerprint density at radius 1 is 1.16 bits per heavy atom. The van der Waals surface area contributed by atoms with Gasteiger partial charge in [0.15, 0.2) is 0 Å². The molecule has 1 aliphatic rings. The molecule has 1 fully saturated rings. The van der Waals surface area contributed by atoms with Crippen LogP contribution in [0.1, 0.15) is 24.1 Å². The Bertz CT molecular complexity index is 882. The van der Waals surface area contributed by atoms with Crippen LogP contribution in [0.15, 0.2) is 47.4 Å². The van der Waals surface area contributed by atoms with Crippen LogP contribution in [0.3, 0.4) is 0 Å². The Morgan fingerprint density at radius 3 is 2.84 bits per heavy atom. The topological polar surface area (TPSA) is 39.3 Å². The molecule has 0 bridgehead atoms. The smallest absolute Gasteiger partial charge is 0.0587 e. The zero-order valence-corrected chi connectivity index (χ0v) is 15.4. The summed E-state index contributed by atoms with van der Waals surface area (Å²) < 4.78 is 0. The van der Waals surface area contributed by atoms with Crippen molar-refractivity contribution in [3.8, 4) is 11.1 Å². The molecule has 2 heterocycles. The number of nitrogens with one attached hydrogen (secondary N) is 1. The van der Waals surface area contributed by atoms with Crippen molar-refractivity contribution in [2.24, 2.45) is 0 Å². The lowest BCUT2D eigenvalue weighted by Crippen LogP contribution is -2.31. The summed E-state index contributed by atoms with van der Waals surface area (Å²) in [4.78, 5) is 6.90. The molecule has 0 amide bonds. The number of aryl methyl sites for hydroxylation is 1. The Labute approximate surface area is 154 Å². The fraction of sp³-hybridized carbons (Fsp3) is 0.333. The van der Waals surface area contributed by atoms with Gasteiger partial charge < -0.3 is 10.1 Å². The maximum atomic E-state index is 9.50. The Morgan fingerprint density at radius 2 is 2.04 bits per heavy atom. The van der Waals surface area contributed by atoms with Gasteiger partial charge in [-0.1, -0.05) is 12.1 Å². The molecule has 0 radical (unpaired) electrons. The number of aliphatic hydroxyl groups is 1. The lowest BCUT2D eigenvalue weighted by molar-refractivity contribution is 0.152. The second-order valence-electron chi connectivity index (χ2n) is 7.10. The van der Waals surface area contributed by atoms with E-state index in [1.165, 1.54) is 34.2 Å². The van der Waals surface area contributed by atoms with Crippen molar-refractivity contribution in [3.63, 3.8) is 0 Å². The largest absolute Gasteiger partial charge is 0.395 e. The van der Waals surface area contributed by atoms with Gasteiger partial charge in [0, 0.05) is 34.1 Å². The number of hydrogen-bond donors (Lipinski definition) is 3. The van der Waals surface area contributed by atoms with Crippen LogP contribution in [0.4, 0.5) is 0 Å². The number of hydrogen-bond acceptors (Lipinski definition) is 3. The van der Waals surface area contributed by atoms with Crippen molar-refractivity contribution in [2.45, 2.75) is 37.2 Å². The fourth-order valence-electron chi connectivity index (χ4n) is 3.92. The van der Waals surface area contributed by atoms with Crippen molar-refractivity contribution < 1.29 is 5.11 Å². The van der Waals surface area contributed by atoms with Crippen LogP contribution >= 0.6 is 12.6 Å². The summed E-state index contributed by atoms with van der Waals surface area (Å²) in [5.74, 6) is 0. The van der Waals surface area contributed by atoms with Crippen LogP contribution in [-0.2, 0) is 6.54 Å². The summed E-state index contributed by atoms with van der Waals surface area (Å²) in [5, 5.41) is 10.7. The first-order chi connectivity index (χ1) is 12.1. The maximum absolute atomic E-state index is 9.50. The number of aromatic amines is 1. The van der Waals surface area contributed by atoms with E-state index in [-0.39, 0.29) is 6.61 Å². The first-order valence-electron chi connectivity index (χ1n) is 8.90. The number of fused-ring (bicyclic) bond motifs is 1. The second kappa shape index (κ2) is 6.87. The monoisotopic (exact) mass is 352 g/mol. The SMILES string of the molecule is Cc1cc(S)cc(-c2ccc3[nH]c(CN4CCCC4CO)cc3c2)c1. The third kappa shape index (κ3) is 3.47. The number of aromatic nitrogens is 1. The number of aliphatic hydroxyl groups excluding tert-OH is 1. The molecule has 2 aromatic carbocycles. The van der Waals surface area contributed by atoms with Gasteiger partial charge in [0.05, 0.1) is 6.61 Å². The molecule has 1 aliphatic heterocycles. The Hall–Kier alpha value is -1.75. The number of likely N-dealkylation sites (tertiary alicyclic amines) is 1. The number of nitrogens with zero attached hydrogens (tertiary/aromatic N) is 1. The van der Waals surface area contributed by atoms with Gasteiger partial charge in [-0.05, 0) is 73.3 Å². The van der Waals surface area contributed by atoms with Gasteiger partial charge in [0.25, 0.3) is 0 Å². The number of thiol groups is 1. The molecule has 4 rings (SSSR count). The molecule has 1 unspecified atom stereocenters. The minimum Gasteiger partial charge on any atom is -0.395 e. The normalized spacial score (nSPS) is 18.3. The Balaban J connectivity index is 1.63. The highest BCUT2D eigenvalue weighted by Gasteiger charge is 2.23. The van der Waals surface area contributed by atoms with Crippen LogP contribution in [0.2, 0.25) is 0 Å². The molecule has 1 aromatic heterocycles. The maximum Gasteiger partial charge on any atom is 0.0587 e. The number of benzene rings is 2. The van der Waals surface area contributed by atoms with E-state index in [1.807, 2.05) is 0 Å². The quantitative estimate of drug-likeness (QED) is 0.610. The Kier molecular flexibility index (Phi) is 4.59. The molecule has 0 aliphatic carbocycles. The highest BCUT2D eigenvalue weighted by atomic mass is 32.1. The molecule has 25 heavy (non-hydrogen) atoms. The number of rotatable bonds is 4. The lowest BCUT2D eigenvalue weighted by Gasteiger charge is -2.21. The van der Waals surface area contributed by atoms with Crippen molar-refractivity contribution >= 4 is 23.5 Å². The minimum absolute atomic E-state index is 0.254. The molecule has 3 aromatic rings. The molecular weight excluding hydrogens is 328 g/mol. The van der Waals surface area contributed by atoms with Gasteiger partial charge in [-0.2, -0.15) is 0 Å². The van der Waals surface area contributed by atoms with E-state index in [4.69, 9.17) is 0 Å². The van der Waals surface area contributed by atoms with Crippen LogP contribution in [-0.4, -0.2) is 34.2 Å². The fourth-order valence-corrected chi connectivity index (χ4v) is 4.26. The van der Waals surface area contributed by atoms with Crippen LogP contribution in [0, 0.1) is 6.92 Å². The lowest BCUT2D eigenvalue weighted by atomic mass is 10.0. The highest BCUT2D eigenvalue weighted by Crippen LogP contribution is 2.28. The molecule has 3 nitrogen and oxygen atoms in total. The van der Waals surface area contributed by atoms with Gasteiger partial charge in [-0.15, -0.1) is 12.6 Å². The van der Waals surface area contributed by atoms with Gasteiger partial charge in [-0.3, -0.25) is 4.90 Å². The van der Waals surface area contributed by atoms with Crippen molar-refractivity contribution in [2.75, 3.05) is 13.2 Å². The van der Waals surface area contributed by atoms with E-state index in [1.54, 1.807) is 0 Å². The van der Waals surface area contributed by atoms with Crippen LogP contribution < -0.4 is 0 Å². The van der Waals surface area contributed by atoms with Crippen molar-refractivity contribution in [1.29, 1.82) is 0 Å². The van der Waals surface area contributed by atoms with Crippen LogP contribution in [0.5, 0.6) is 0 Å². The summed E-state index contributed by atoms with van der Waals surface area (Å²) in [6, 6.07) is 15.5. The average Bonchev–Trinajstić information content (AvgIpc) is 3.19. The summed E-state index contributed by atoms with van der Waals surface area (Å²) in [5.41, 5.74) is 6.02. The van der Waals surface area contributed by atoms with E-state index in [0.29, 0.717) is 6.04 Å². The zero-order valence-electron chi connectivity index (χ0n) is 14.5. The first-order valence-corrected chi connectivity index (χ1v) is 9.35. The van der Waals surface area contributed by atoms with E-state index in [0.717, 1.165) is 29.9 Å². The minimum atomic E-state index is 0.254. The molecule has 0 spiro atoms. The predicted octanol–water partition coefficient (Wildman–Crippen LogP) is 4.39. The van der Waals surface area contributed by atoms with E-state index < -0.39 is 0 Å². The summed E-state index contributed by atoms with van der Waals surface area (Å²) in [6.07, 6.45) is 2.27. The molecule has 2 N–H and O–H groups in total. The van der Waals surface area contributed by atoms with Gasteiger partial charge >= 0.3 is 0 Å². The predicted molar refractivity (Wildman–Crippen MR) is 106 cm³/mol. The van der Waals surface area contributed by atoms with Crippen molar-refractivity contribution in [1.82, 2.24) is 9.88 Å².